The second kappa shape index (κ2) is 14.4. The summed E-state index contributed by atoms with van der Waals surface area (Å²) in [6, 6.07) is 27.8. The normalized spacial score (nSPS) is 19.7. The molecule has 0 saturated carbocycles. The third-order valence-electron chi connectivity index (χ3n) is 7.80. The van der Waals surface area contributed by atoms with E-state index in [0.29, 0.717) is 17.9 Å². The van der Waals surface area contributed by atoms with Crippen LogP contribution in [-0.2, 0) is 22.6 Å². The third-order valence-corrected chi connectivity index (χ3v) is 9.86. The zero-order chi connectivity index (χ0) is 31.2. The molecule has 3 aromatic carbocycles. The number of carbonyl (C=O) groups excluding carboxylic acids is 1. The Morgan fingerprint density at radius 1 is 0.933 bits per heavy atom. The molecule has 45 heavy (non-hydrogen) atoms. The summed E-state index contributed by atoms with van der Waals surface area (Å²) in [4.78, 5) is 16.6. The number of nitrogens with one attached hydrogen (secondary N) is 1. The molecule has 0 radical (unpaired) electrons. The Kier molecular flexibility index (Phi) is 9.97. The molecule has 1 aliphatic rings. The summed E-state index contributed by atoms with van der Waals surface area (Å²) in [5, 5.41) is 21.9. The van der Waals surface area contributed by atoms with Gasteiger partial charge in [0.2, 0.25) is 0 Å². The fourth-order valence-electron chi connectivity index (χ4n) is 5.31. The molecule has 6 rings (SSSR count). The van der Waals surface area contributed by atoms with Crippen molar-refractivity contribution in [3.05, 3.63) is 130 Å². The first-order valence-electron chi connectivity index (χ1n) is 14.8. The summed E-state index contributed by atoms with van der Waals surface area (Å²) in [5.74, 6) is 0.628. The molecule has 0 spiro atoms. The number of pyridine rings is 1. The molecule has 1 fully saturated rings. The number of amides is 1. The van der Waals surface area contributed by atoms with E-state index < -0.39 is 6.29 Å². The topological polar surface area (TPSA) is 106 Å². The number of benzene rings is 3. The van der Waals surface area contributed by atoms with Crippen molar-refractivity contribution in [2.75, 3.05) is 5.75 Å². The van der Waals surface area contributed by atoms with Crippen LogP contribution in [0.25, 0.3) is 11.1 Å². The van der Waals surface area contributed by atoms with Gasteiger partial charge in [-0.1, -0.05) is 90.7 Å². The number of nitrogens with zero attached hydrogens (tertiary/aromatic N) is 3. The lowest BCUT2D eigenvalue weighted by atomic mass is 9.91. The lowest BCUT2D eigenvalue weighted by molar-refractivity contribution is -0.268. The average Bonchev–Trinajstić information content (AvgIpc) is 3.52. The maximum Gasteiger partial charge on any atom is 0.253 e. The summed E-state index contributed by atoms with van der Waals surface area (Å²) >= 11 is 3.24. The van der Waals surface area contributed by atoms with E-state index >= 15 is 0 Å². The minimum absolute atomic E-state index is 0.00149. The van der Waals surface area contributed by atoms with Crippen LogP contribution in [0.5, 0.6) is 0 Å². The van der Waals surface area contributed by atoms with E-state index in [-0.39, 0.29) is 30.6 Å². The van der Waals surface area contributed by atoms with Gasteiger partial charge in [-0.05, 0) is 59.0 Å². The third kappa shape index (κ3) is 7.66. The van der Waals surface area contributed by atoms with E-state index in [1.807, 2.05) is 55.5 Å². The van der Waals surface area contributed by atoms with Crippen LogP contribution < -0.4 is 5.32 Å². The van der Waals surface area contributed by atoms with Crippen molar-refractivity contribution in [3.63, 3.8) is 0 Å². The molecule has 230 valence electrons. The van der Waals surface area contributed by atoms with Crippen LogP contribution in [-0.4, -0.2) is 38.1 Å². The Morgan fingerprint density at radius 3 is 2.47 bits per heavy atom. The number of hydrogen-bond donors (Lipinski definition) is 2. The smallest absolute Gasteiger partial charge is 0.253 e. The SMILES string of the molecule is Cc1nnc(SC[C@H]2O[C@@H](c3cccc(-c4cccc(CNC(=O)c5cccnc5)c4)c3)O[C@@H](c3ccc(CO)cc3)[C@H]2C)s1. The van der Waals surface area contributed by atoms with Gasteiger partial charge in [0.05, 0.1) is 24.4 Å². The predicted octanol–water partition coefficient (Wildman–Crippen LogP) is 6.91. The van der Waals surface area contributed by atoms with Gasteiger partial charge in [0.1, 0.15) is 5.01 Å². The number of aryl methyl sites for hydroxylation is 1. The zero-order valence-corrected chi connectivity index (χ0v) is 26.6. The molecule has 2 N–H and O–H groups in total. The molecular weight excluding hydrogens is 605 g/mol. The minimum atomic E-state index is -0.577. The molecule has 0 unspecified atom stereocenters. The quantitative estimate of drug-likeness (QED) is 0.159. The van der Waals surface area contributed by atoms with Gasteiger partial charge in [0.15, 0.2) is 10.6 Å². The standard InChI is InChI=1S/C35H34N4O4S2/c1-22-31(21-44-35-39-38-23(2)45-35)42-34(43-32(22)26-13-11-24(20-40)12-14-26)29-9-4-8-28(17-29)27-7-3-6-25(16-27)18-37-33(41)30-10-5-15-36-19-30/h3-17,19,22,31-32,34,40H,18,20-21H2,1-2H3,(H,37,41)/t22-,31+,32+,34+/m0/s1. The first-order chi connectivity index (χ1) is 22.0. The molecule has 3 heterocycles. The Morgan fingerprint density at radius 2 is 1.73 bits per heavy atom. The van der Waals surface area contributed by atoms with E-state index in [2.05, 4.69) is 51.7 Å². The van der Waals surface area contributed by atoms with Crippen molar-refractivity contribution >= 4 is 29.0 Å². The van der Waals surface area contributed by atoms with E-state index in [4.69, 9.17) is 9.47 Å². The molecule has 5 aromatic rings. The second-order valence-electron chi connectivity index (χ2n) is 11.0. The maximum absolute atomic E-state index is 12.5. The minimum Gasteiger partial charge on any atom is -0.392 e. The summed E-state index contributed by atoms with van der Waals surface area (Å²) in [5.41, 5.74) is 6.41. The van der Waals surface area contributed by atoms with Crippen molar-refractivity contribution in [3.8, 4) is 11.1 Å². The van der Waals surface area contributed by atoms with Gasteiger partial charge >= 0.3 is 0 Å². The van der Waals surface area contributed by atoms with E-state index in [0.717, 1.165) is 42.7 Å². The number of aliphatic hydroxyl groups excluding tert-OH is 1. The molecule has 1 aliphatic heterocycles. The van der Waals surface area contributed by atoms with Gasteiger partial charge in [0.25, 0.3) is 5.91 Å². The Bertz CT molecular complexity index is 1730. The number of carbonyl (C=O) groups is 1. The number of thioether (sulfide) groups is 1. The Balaban J connectivity index is 1.22. The van der Waals surface area contributed by atoms with Gasteiger partial charge in [-0.15, -0.1) is 10.2 Å². The number of hydrogen-bond acceptors (Lipinski definition) is 9. The highest BCUT2D eigenvalue weighted by molar-refractivity contribution is 8.01. The monoisotopic (exact) mass is 638 g/mol. The zero-order valence-electron chi connectivity index (χ0n) is 25.0. The van der Waals surface area contributed by atoms with Crippen LogP contribution in [0.4, 0.5) is 0 Å². The highest BCUT2D eigenvalue weighted by atomic mass is 32.2. The molecule has 2 aromatic heterocycles. The van der Waals surface area contributed by atoms with Crippen LogP contribution in [0.2, 0.25) is 0 Å². The van der Waals surface area contributed by atoms with Gasteiger partial charge in [-0.3, -0.25) is 9.78 Å². The molecule has 1 amide bonds. The van der Waals surface area contributed by atoms with E-state index in [1.54, 1.807) is 47.6 Å². The van der Waals surface area contributed by atoms with Gasteiger partial charge in [0, 0.05) is 36.2 Å². The Labute approximate surface area is 270 Å². The number of rotatable bonds is 10. The van der Waals surface area contributed by atoms with Gasteiger partial charge in [-0.25, -0.2) is 0 Å². The molecule has 1 saturated heterocycles. The molecular formula is C35H34N4O4S2. The summed E-state index contributed by atoms with van der Waals surface area (Å²) in [6.45, 7) is 4.52. The van der Waals surface area contributed by atoms with E-state index in [1.165, 1.54) is 0 Å². The highest BCUT2D eigenvalue weighted by Crippen LogP contribution is 2.43. The Hall–Kier alpha value is -3.93. The number of ether oxygens (including phenoxy) is 2. The fourth-order valence-corrected chi connectivity index (χ4v) is 7.31. The summed E-state index contributed by atoms with van der Waals surface area (Å²) in [6.07, 6.45) is 2.33. The second-order valence-corrected chi connectivity index (χ2v) is 13.4. The predicted molar refractivity (Wildman–Crippen MR) is 176 cm³/mol. The fraction of sp³-hybridized carbons (Fsp3) is 0.257. The van der Waals surface area contributed by atoms with Crippen LogP contribution in [0, 0.1) is 12.8 Å². The molecule has 4 atom stereocenters. The number of aromatic nitrogens is 3. The first kappa shape index (κ1) is 31.1. The van der Waals surface area contributed by atoms with Crippen molar-refractivity contribution in [2.24, 2.45) is 5.92 Å². The lowest BCUT2D eigenvalue weighted by Crippen LogP contribution is -2.38. The summed E-state index contributed by atoms with van der Waals surface area (Å²) in [7, 11) is 0. The molecule has 10 heteroatoms. The highest BCUT2D eigenvalue weighted by Gasteiger charge is 2.38. The summed E-state index contributed by atoms with van der Waals surface area (Å²) < 4.78 is 14.3. The van der Waals surface area contributed by atoms with Crippen LogP contribution in [0.15, 0.2) is 102 Å². The van der Waals surface area contributed by atoms with Crippen LogP contribution in [0.1, 0.15) is 56.9 Å². The molecule has 0 aliphatic carbocycles. The number of aliphatic hydroxyl groups is 1. The maximum atomic E-state index is 12.5. The molecule has 8 nitrogen and oxygen atoms in total. The van der Waals surface area contributed by atoms with Crippen molar-refractivity contribution in [1.29, 1.82) is 0 Å². The lowest BCUT2D eigenvalue weighted by Gasteiger charge is -2.41. The van der Waals surface area contributed by atoms with E-state index in [9.17, 15) is 9.90 Å². The van der Waals surface area contributed by atoms with Crippen molar-refractivity contribution in [2.45, 2.75) is 49.8 Å². The van der Waals surface area contributed by atoms with Gasteiger partial charge in [-0.2, -0.15) is 0 Å². The van der Waals surface area contributed by atoms with Crippen LogP contribution in [0.3, 0.4) is 0 Å². The largest absolute Gasteiger partial charge is 0.392 e. The van der Waals surface area contributed by atoms with Crippen LogP contribution >= 0.6 is 23.1 Å². The van der Waals surface area contributed by atoms with Crippen molar-refractivity contribution in [1.82, 2.24) is 20.5 Å². The first-order valence-corrected chi connectivity index (χ1v) is 16.6. The van der Waals surface area contributed by atoms with Gasteiger partial charge < -0.3 is 19.9 Å². The molecule has 0 bridgehead atoms. The average molecular weight is 639 g/mol. The van der Waals surface area contributed by atoms with Crippen molar-refractivity contribution < 1.29 is 19.4 Å².